The summed E-state index contributed by atoms with van der Waals surface area (Å²) < 4.78 is 10.6. The molecule has 2 amide bonds. The van der Waals surface area contributed by atoms with Crippen molar-refractivity contribution in [3.8, 4) is 5.75 Å². The predicted octanol–water partition coefficient (Wildman–Crippen LogP) is 5.92. The largest absolute Gasteiger partial charge is 0.492 e. The molecule has 6 nitrogen and oxygen atoms in total. The van der Waals surface area contributed by atoms with E-state index in [0.29, 0.717) is 35.6 Å². The number of nitrogens with one attached hydrogen (secondary N) is 2. The number of hydrogen-bond acceptors (Lipinski definition) is 4. The smallest absolute Gasteiger partial charge is 0.407 e. The minimum atomic E-state index is -0.462. The van der Waals surface area contributed by atoms with E-state index in [9.17, 15) is 9.59 Å². The lowest BCUT2D eigenvalue weighted by Gasteiger charge is -2.46. The normalized spacial score (nSPS) is 27.6. The summed E-state index contributed by atoms with van der Waals surface area (Å²) in [6.07, 6.45) is 1.19. The van der Waals surface area contributed by atoms with Crippen molar-refractivity contribution in [3.63, 3.8) is 0 Å². The van der Waals surface area contributed by atoms with Gasteiger partial charge in [-0.3, -0.25) is 4.79 Å². The molecule has 2 N–H and O–H groups in total. The van der Waals surface area contributed by atoms with Crippen LogP contribution in [-0.4, -0.2) is 37.8 Å². The maximum absolute atomic E-state index is 12.9. The van der Waals surface area contributed by atoms with Gasteiger partial charge in [-0.15, -0.1) is 0 Å². The van der Waals surface area contributed by atoms with E-state index in [0.717, 1.165) is 18.4 Å². The molecule has 1 saturated heterocycles. The molecule has 1 heterocycles. The second-order valence-electron chi connectivity index (χ2n) is 9.61. The van der Waals surface area contributed by atoms with Crippen LogP contribution in [0.1, 0.15) is 56.6 Å². The van der Waals surface area contributed by atoms with Gasteiger partial charge in [-0.25, -0.2) is 4.79 Å². The second-order valence-corrected chi connectivity index (χ2v) is 10.5. The first-order valence-electron chi connectivity index (χ1n) is 12.1. The summed E-state index contributed by atoms with van der Waals surface area (Å²) in [7, 11) is 0. The van der Waals surface area contributed by atoms with Crippen LogP contribution in [0.15, 0.2) is 42.5 Å². The van der Waals surface area contributed by atoms with Crippen molar-refractivity contribution in [1.29, 1.82) is 0 Å². The average molecular weight is 519 g/mol. The molecule has 188 valence electrons. The Bertz CT molecular complexity index is 1080. The Hall–Kier alpha value is -2.44. The Morgan fingerprint density at radius 2 is 1.94 bits per heavy atom. The molecule has 8 heteroatoms. The maximum Gasteiger partial charge on any atom is 0.407 e. The molecule has 1 saturated carbocycles. The highest BCUT2D eigenvalue weighted by Crippen LogP contribution is 2.59. The number of benzene rings is 2. The van der Waals surface area contributed by atoms with Crippen LogP contribution in [-0.2, 0) is 9.53 Å². The first-order valence-corrected chi connectivity index (χ1v) is 12.9. The van der Waals surface area contributed by atoms with Crippen LogP contribution in [0.2, 0.25) is 10.0 Å². The maximum atomic E-state index is 12.9. The van der Waals surface area contributed by atoms with Crippen LogP contribution < -0.4 is 15.4 Å². The van der Waals surface area contributed by atoms with Crippen molar-refractivity contribution in [2.24, 2.45) is 11.3 Å². The van der Waals surface area contributed by atoms with Crippen LogP contribution in [0.3, 0.4) is 0 Å². The number of fused-ring (bicyclic) bond motifs is 1. The SMILES string of the molecule is CCOC(=O)NCCOc1ccc([C@@H]2CC[C@@]3(C)C(=O)N[C@H](C)[C@H]3[C@H]2c2ccc(Cl)cc2)c(Cl)c1. The van der Waals surface area contributed by atoms with E-state index in [1.165, 1.54) is 5.56 Å². The molecule has 0 radical (unpaired) electrons. The Labute approximate surface area is 216 Å². The molecule has 2 aliphatic rings. The van der Waals surface area contributed by atoms with Gasteiger partial charge in [0.25, 0.3) is 0 Å². The number of halogens is 2. The van der Waals surface area contributed by atoms with Crippen LogP contribution >= 0.6 is 23.2 Å². The molecule has 1 aliphatic heterocycles. The van der Waals surface area contributed by atoms with Crippen molar-refractivity contribution < 1.29 is 19.1 Å². The van der Waals surface area contributed by atoms with Crippen LogP contribution in [0, 0.1) is 11.3 Å². The highest BCUT2D eigenvalue weighted by Gasteiger charge is 2.57. The number of rotatable bonds is 7. The molecule has 4 rings (SSSR count). The summed E-state index contributed by atoms with van der Waals surface area (Å²) >= 11 is 13.0. The van der Waals surface area contributed by atoms with Gasteiger partial charge in [-0.05, 0) is 73.9 Å². The average Bonchev–Trinajstić information content (AvgIpc) is 3.05. The molecule has 5 atom stereocenters. The summed E-state index contributed by atoms with van der Waals surface area (Å²) in [5.41, 5.74) is 1.80. The molecule has 2 aromatic carbocycles. The first kappa shape index (κ1) is 25.6. The molecule has 2 aromatic rings. The fourth-order valence-corrected chi connectivity index (χ4v) is 6.35. The standard InChI is InChI=1S/C27H32Cl2N2O4/c1-4-34-26(33)30-13-14-35-19-9-10-20(22(29)15-19)21-11-12-27(3)24(16(2)31-25(27)32)23(21)17-5-7-18(28)8-6-17/h5-10,15-16,21,23-24H,4,11-14H2,1-3H3,(H,30,33)(H,31,32)/t16-,21+,23+,24+,27-/m1/s1. The van der Waals surface area contributed by atoms with Crippen molar-refractivity contribution in [1.82, 2.24) is 10.6 Å². The number of carbonyl (C=O) groups is 2. The molecule has 2 fully saturated rings. The van der Waals surface area contributed by atoms with Crippen molar-refractivity contribution in [2.75, 3.05) is 19.8 Å². The van der Waals surface area contributed by atoms with E-state index >= 15 is 0 Å². The first-order chi connectivity index (χ1) is 16.7. The molecule has 0 unspecified atom stereocenters. The summed E-state index contributed by atoms with van der Waals surface area (Å²) in [5, 5.41) is 7.15. The lowest BCUT2D eigenvalue weighted by atomic mass is 9.56. The van der Waals surface area contributed by atoms with Crippen molar-refractivity contribution >= 4 is 35.2 Å². The lowest BCUT2D eigenvalue weighted by molar-refractivity contribution is -0.129. The monoisotopic (exact) mass is 518 g/mol. The van der Waals surface area contributed by atoms with Gasteiger partial charge in [0.1, 0.15) is 12.4 Å². The Balaban J connectivity index is 1.57. The topological polar surface area (TPSA) is 76.7 Å². The van der Waals surface area contributed by atoms with Gasteiger partial charge in [0, 0.05) is 22.0 Å². The lowest BCUT2D eigenvalue weighted by Crippen LogP contribution is -2.42. The van der Waals surface area contributed by atoms with Gasteiger partial charge in [0.05, 0.1) is 18.6 Å². The van der Waals surface area contributed by atoms with E-state index in [2.05, 4.69) is 36.6 Å². The third-order valence-electron chi connectivity index (χ3n) is 7.49. The van der Waals surface area contributed by atoms with Gasteiger partial charge in [-0.1, -0.05) is 48.3 Å². The van der Waals surface area contributed by atoms with Crippen LogP contribution in [0.25, 0.3) is 0 Å². The Morgan fingerprint density at radius 1 is 1.20 bits per heavy atom. The quantitative estimate of drug-likeness (QED) is 0.446. The number of ether oxygens (including phenoxy) is 2. The van der Waals surface area contributed by atoms with E-state index < -0.39 is 11.5 Å². The minimum Gasteiger partial charge on any atom is -0.492 e. The molecular weight excluding hydrogens is 487 g/mol. The van der Waals surface area contributed by atoms with Gasteiger partial charge < -0.3 is 20.1 Å². The van der Waals surface area contributed by atoms with Gasteiger partial charge in [-0.2, -0.15) is 0 Å². The third kappa shape index (κ3) is 5.24. The van der Waals surface area contributed by atoms with Crippen LogP contribution in [0.5, 0.6) is 5.75 Å². The summed E-state index contributed by atoms with van der Waals surface area (Å²) in [5.74, 6) is 1.17. The number of alkyl carbamates (subject to hydrolysis) is 1. The zero-order chi connectivity index (χ0) is 25.2. The number of hydrogen-bond donors (Lipinski definition) is 2. The zero-order valence-corrected chi connectivity index (χ0v) is 21.8. The minimum absolute atomic E-state index is 0.0595. The van der Waals surface area contributed by atoms with Gasteiger partial charge in [0.2, 0.25) is 5.91 Å². The van der Waals surface area contributed by atoms with Crippen LogP contribution in [0.4, 0.5) is 4.79 Å². The molecule has 0 aromatic heterocycles. The summed E-state index contributed by atoms with van der Waals surface area (Å²) in [4.78, 5) is 24.3. The second kappa shape index (κ2) is 10.7. The van der Waals surface area contributed by atoms with Crippen molar-refractivity contribution in [2.45, 2.75) is 51.5 Å². The highest BCUT2D eigenvalue weighted by molar-refractivity contribution is 6.31. The van der Waals surface area contributed by atoms with E-state index in [-0.39, 0.29) is 29.7 Å². The molecule has 1 aliphatic carbocycles. The predicted molar refractivity (Wildman–Crippen MR) is 137 cm³/mol. The van der Waals surface area contributed by atoms with E-state index in [1.54, 1.807) is 6.92 Å². The Morgan fingerprint density at radius 3 is 2.63 bits per heavy atom. The molecule has 0 spiro atoms. The molecular formula is C27H32Cl2N2O4. The number of carbonyl (C=O) groups excluding carboxylic acids is 2. The summed E-state index contributed by atoms with van der Waals surface area (Å²) in [6, 6.07) is 13.8. The van der Waals surface area contributed by atoms with E-state index in [1.807, 2.05) is 30.3 Å². The molecule has 0 bridgehead atoms. The van der Waals surface area contributed by atoms with Crippen molar-refractivity contribution in [3.05, 3.63) is 63.6 Å². The van der Waals surface area contributed by atoms with E-state index in [4.69, 9.17) is 32.7 Å². The number of amides is 2. The Kier molecular flexibility index (Phi) is 7.82. The fraction of sp³-hybridized carbons (Fsp3) is 0.481. The highest BCUT2D eigenvalue weighted by atomic mass is 35.5. The fourth-order valence-electron chi connectivity index (χ4n) is 5.91. The zero-order valence-electron chi connectivity index (χ0n) is 20.3. The van der Waals surface area contributed by atoms with Gasteiger partial charge in [0.15, 0.2) is 0 Å². The van der Waals surface area contributed by atoms with Gasteiger partial charge >= 0.3 is 6.09 Å². The third-order valence-corrected chi connectivity index (χ3v) is 8.07. The molecule has 35 heavy (non-hydrogen) atoms. The summed E-state index contributed by atoms with van der Waals surface area (Å²) in [6.45, 7) is 6.91.